The van der Waals surface area contributed by atoms with Gasteiger partial charge in [0.15, 0.2) is 0 Å². The van der Waals surface area contributed by atoms with Crippen LogP contribution in [0, 0.1) is 13.8 Å². The van der Waals surface area contributed by atoms with Crippen molar-refractivity contribution in [2.45, 2.75) is 46.6 Å². The Labute approximate surface area is 117 Å². The molecule has 0 bridgehead atoms. The first-order chi connectivity index (χ1) is 8.90. The summed E-state index contributed by atoms with van der Waals surface area (Å²) < 4.78 is 0. The van der Waals surface area contributed by atoms with E-state index in [9.17, 15) is 4.79 Å². The Hall–Kier alpha value is -1.35. The molecule has 0 aliphatic rings. The second kappa shape index (κ2) is 7.29. The monoisotopic (exact) mass is 262 g/mol. The van der Waals surface area contributed by atoms with E-state index in [1.54, 1.807) is 4.90 Å². The van der Waals surface area contributed by atoms with Crippen molar-refractivity contribution in [3.05, 3.63) is 29.3 Å². The van der Waals surface area contributed by atoms with E-state index in [4.69, 9.17) is 0 Å². The number of aryl methyl sites for hydroxylation is 2. The molecule has 0 heterocycles. The molecule has 0 radical (unpaired) electrons. The van der Waals surface area contributed by atoms with Crippen LogP contribution in [0.4, 0.5) is 5.69 Å². The first-order valence-corrected chi connectivity index (χ1v) is 6.98. The quantitative estimate of drug-likeness (QED) is 0.799. The van der Waals surface area contributed by atoms with Gasteiger partial charge in [0.1, 0.15) is 0 Å². The minimum atomic E-state index is 0.176. The van der Waals surface area contributed by atoms with E-state index in [1.807, 2.05) is 7.05 Å². The summed E-state index contributed by atoms with van der Waals surface area (Å²) in [6, 6.07) is 6.70. The molecule has 0 saturated heterocycles. The van der Waals surface area contributed by atoms with Crippen molar-refractivity contribution in [2.75, 3.05) is 18.5 Å². The average Bonchev–Trinajstić information content (AvgIpc) is 2.32. The third kappa shape index (κ3) is 5.43. The van der Waals surface area contributed by atoms with Gasteiger partial charge in [0.05, 0.1) is 0 Å². The number of carbonyl (C=O) groups excluding carboxylic acids is 1. The van der Waals surface area contributed by atoms with E-state index in [1.165, 1.54) is 11.1 Å². The zero-order valence-corrected chi connectivity index (χ0v) is 12.8. The largest absolute Gasteiger partial charge is 0.315 e. The van der Waals surface area contributed by atoms with E-state index < -0.39 is 0 Å². The summed E-state index contributed by atoms with van der Waals surface area (Å²) >= 11 is 0. The summed E-state index contributed by atoms with van der Waals surface area (Å²) in [6.07, 6.45) is 1.47. The molecule has 0 aliphatic heterocycles. The summed E-state index contributed by atoms with van der Waals surface area (Å²) in [5.41, 5.74) is 3.37. The number of nitrogens with one attached hydrogen (secondary N) is 1. The lowest BCUT2D eigenvalue weighted by Crippen LogP contribution is -2.28. The highest BCUT2D eigenvalue weighted by atomic mass is 16.2. The third-order valence-electron chi connectivity index (χ3n) is 3.09. The molecular formula is C16H26N2O. The Bertz CT molecular complexity index is 407. The molecule has 1 aromatic carbocycles. The molecular weight excluding hydrogens is 236 g/mol. The Morgan fingerprint density at radius 2 is 1.79 bits per heavy atom. The van der Waals surface area contributed by atoms with Crippen LogP contribution in [0.1, 0.15) is 37.8 Å². The van der Waals surface area contributed by atoms with Crippen LogP contribution in [0.15, 0.2) is 18.2 Å². The van der Waals surface area contributed by atoms with Crippen molar-refractivity contribution < 1.29 is 4.79 Å². The normalized spacial score (nSPS) is 10.8. The lowest BCUT2D eigenvalue weighted by Gasteiger charge is -2.19. The van der Waals surface area contributed by atoms with Gasteiger partial charge in [-0.3, -0.25) is 4.79 Å². The van der Waals surface area contributed by atoms with Crippen LogP contribution in [-0.2, 0) is 4.79 Å². The van der Waals surface area contributed by atoms with Gasteiger partial charge in [-0.05, 0) is 50.1 Å². The minimum Gasteiger partial charge on any atom is -0.315 e. The zero-order chi connectivity index (χ0) is 14.4. The van der Waals surface area contributed by atoms with E-state index >= 15 is 0 Å². The van der Waals surface area contributed by atoms with Crippen LogP contribution in [0.25, 0.3) is 0 Å². The fraction of sp³-hybridized carbons (Fsp3) is 0.562. The van der Waals surface area contributed by atoms with Crippen molar-refractivity contribution in [2.24, 2.45) is 0 Å². The number of rotatable bonds is 6. The molecule has 19 heavy (non-hydrogen) atoms. The summed E-state index contributed by atoms with van der Waals surface area (Å²) in [5.74, 6) is 0.176. The highest BCUT2D eigenvalue weighted by Gasteiger charge is 2.11. The molecule has 0 unspecified atom stereocenters. The summed E-state index contributed by atoms with van der Waals surface area (Å²) in [7, 11) is 1.85. The van der Waals surface area contributed by atoms with Crippen LogP contribution >= 0.6 is 0 Å². The van der Waals surface area contributed by atoms with Crippen LogP contribution in [0.5, 0.6) is 0 Å². The van der Waals surface area contributed by atoms with Gasteiger partial charge in [-0.1, -0.05) is 19.9 Å². The number of nitrogens with zero attached hydrogens (tertiary/aromatic N) is 1. The standard InChI is InChI=1S/C16H26N2O/c1-12(2)17-8-6-7-16(19)18(5)15-10-13(3)9-14(4)11-15/h9-12,17H,6-8H2,1-5H3. The van der Waals surface area contributed by atoms with Gasteiger partial charge in [-0.15, -0.1) is 0 Å². The SMILES string of the molecule is Cc1cc(C)cc(N(C)C(=O)CCCNC(C)C)c1. The Kier molecular flexibility index (Phi) is 6.03. The molecule has 0 aliphatic carbocycles. The fourth-order valence-corrected chi connectivity index (χ4v) is 2.09. The second-order valence-corrected chi connectivity index (χ2v) is 5.51. The molecule has 0 atom stereocenters. The van der Waals surface area contributed by atoms with E-state index in [0.717, 1.165) is 18.7 Å². The first-order valence-electron chi connectivity index (χ1n) is 6.98. The van der Waals surface area contributed by atoms with E-state index in [2.05, 4.69) is 51.2 Å². The zero-order valence-electron chi connectivity index (χ0n) is 12.8. The van der Waals surface area contributed by atoms with Crippen LogP contribution in [0.2, 0.25) is 0 Å². The number of carbonyl (C=O) groups is 1. The highest BCUT2D eigenvalue weighted by molar-refractivity contribution is 5.92. The molecule has 0 aromatic heterocycles. The first kappa shape index (κ1) is 15.7. The smallest absolute Gasteiger partial charge is 0.226 e. The van der Waals surface area contributed by atoms with Gasteiger partial charge in [-0.2, -0.15) is 0 Å². The molecule has 1 rings (SSSR count). The molecule has 106 valence electrons. The number of hydrogen-bond donors (Lipinski definition) is 1. The summed E-state index contributed by atoms with van der Waals surface area (Å²) in [5, 5.41) is 3.33. The van der Waals surface area contributed by atoms with Gasteiger partial charge in [0.25, 0.3) is 0 Å². The number of hydrogen-bond acceptors (Lipinski definition) is 2. The molecule has 1 aromatic rings. The Morgan fingerprint density at radius 3 is 2.32 bits per heavy atom. The maximum atomic E-state index is 12.1. The Balaban J connectivity index is 2.52. The lowest BCUT2D eigenvalue weighted by atomic mass is 10.1. The summed E-state index contributed by atoms with van der Waals surface area (Å²) in [6.45, 7) is 9.24. The maximum Gasteiger partial charge on any atom is 0.226 e. The molecule has 3 nitrogen and oxygen atoms in total. The third-order valence-corrected chi connectivity index (χ3v) is 3.09. The van der Waals surface area contributed by atoms with Gasteiger partial charge < -0.3 is 10.2 Å². The number of anilines is 1. The maximum absolute atomic E-state index is 12.1. The number of benzene rings is 1. The molecule has 0 fully saturated rings. The molecule has 1 N–H and O–H groups in total. The van der Waals surface area contributed by atoms with Crippen molar-refractivity contribution in [1.82, 2.24) is 5.32 Å². The van der Waals surface area contributed by atoms with Crippen molar-refractivity contribution in [3.63, 3.8) is 0 Å². The van der Waals surface area contributed by atoms with Gasteiger partial charge >= 0.3 is 0 Å². The highest BCUT2D eigenvalue weighted by Crippen LogP contribution is 2.18. The van der Waals surface area contributed by atoms with Crippen LogP contribution in [0.3, 0.4) is 0 Å². The predicted octanol–water partition coefficient (Wildman–Crippen LogP) is 3.04. The van der Waals surface area contributed by atoms with Gasteiger partial charge in [-0.25, -0.2) is 0 Å². The topological polar surface area (TPSA) is 32.3 Å². The number of amides is 1. The molecule has 1 amide bonds. The second-order valence-electron chi connectivity index (χ2n) is 5.51. The van der Waals surface area contributed by atoms with Crippen molar-refractivity contribution in [3.8, 4) is 0 Å². The van der Waals surface area contributed by atoms with E-state index in [-0.39, 0.29) is 5.91 Å². The minimum absolute atomic E-state index is 0.176. The fourth-order valence-electron chi connectivity index (χ4n) is 2.09. The molecule has 0 saturated carbocycles. The predicted molar refractivity (Wildman–Crippen MR) is 81.7 cm³/mol. The van der Waals surface area contributed by atoms with Crippen LogP contribution < -0.4 is 10.2 Å². The summed E-state index contributed by atoms with van der Waals surface area (Å²) in [4.78, 5) is 13.9. The van der Waals surface area contributed by atoms with Gasteiger partial charge in [0.2, 0.25) is 5.91 Å². The van der Waals surface area contributed by atoms with Crippen molar-refractivity contribution >= 4 is 11.6 Å². The van der Waals surface area contributed by atoms with E-state index in [0.29, 0.717) is 12.5 Å². The van der Waals surface area contributed by atoms with Gasteiger partial charge in [0, 0.05) is 25.2 Å². The molecule has 0 spiro atoms. The molecule has 3 heteroatoms. The Morgan fingerprint density at radius 1 is 1.21 bits per heavy atom. The van der Waals surface area contributed by atoms with Crippen LogP contribution in [-0.4, -0.2) is 25.5 Å². The van der Waals surface area contributed by atoms with Crippen molar-refractivity contribution in [1.29, 1.82) is 0 Å². The lowest BCUT2D eigenvalue weighted by molar-refractivity contribution is -0.118. The average molecular weight is 262 g/mol.